The largest absolute Gasteiger partial charge is 0.339 e. The molecule has 0 saturated carbocycles. The molecule has 1 saturated heterocycles. The van der Waals surface area contributed by atoms with Gasteiger partial charge in [-0.25, -0.2) is 0 Å². The summed E-state index contributed by atoms with van der Waals surface area (Å²) in [6.07, 6.45) is 5.80. The van der Waals surface area contributed by atoms with Gasteiger partial charge in [0.15, 0.2) is 0 Å². The number of carbonyl (C=O) groups is 1. The molecule has 0 unspecified atom stereocenters. The van der Waals surface area contributed by atoms with E-state index in [-0.39, 0.29) is 5.91 Å². The zero-order chi connectivity index (χ0) is 15.1. The van der Waals surface area contributed by atoms with Crippen molar-refractivity contribution in [3.8, 4) is 0 Å². The lowest BCUT2D eigenvalue weighted by Crippen LogP contribution is -2.39. The number of carbonyl (C=O) groups excluding carboxylic acids is 1. The van der Waals surface area contributed by atoms with Crippen LogP contribution in [0.2, 0.25) is 0 Å². The van der Waals surface area contributed by atoms with Crippen molar-refractivity contribution >= 4 is 5.91 Å². The molecule has 1 aromatic rings. The average molecular weight is 288 g/mol. The van der Waals surface area contributed by atoms with Gasteiger partial charge in [-0.1, -0.05) is 38.0 Å². The summed E-state index contributed by atoms with van der Waals surface area (Å²) in [7, 11) is 1.95. The smallest absolute Gasteiger partial charge is 0.254 e. The number of piperidine rings is 1. The predicted molar refractivity (Wildman–Crippen MR) is 87.6 cm³/mol. The quantitative estimate of drug-likeness (QED) is 0.872. The minimum atomic E-state index is 0.219. The van der Waals surface area contributed by atoms with Crippen molar-refractivity contribution in [1.29, 1.82) is 0 Å². The van der Waals surface area contributed by atoms with E-state index in [1.165, 1.54) is 12.8 Å². The first-order chi connectivity index (χ1) is 10.3. The fourth-order valence-electron chi connectivity index (χ4n) is 3.21. The fourth-order valence-corrected chi connectivity index (χ4v) is 3.21. The third-order valence-corrected chi connectivity index (χ3v) is 4.49. The van der Waals surface area contributed by atoms with Crippen molar-refractivity contribution in [2.24, 2.45) is 5.92 Å². The Morgan fingerprint density at radius 2 is 2.00 bits per heavy atom. The van der Waals surface area contributed by atoms with Gasteiger partial charge in [0.05, 0.1) is 0 Å². The van der Waals surface area contributed by atoms with Crippen LogP contribution < -0.4 is 5.32 Å². The molecular formula is C18H28N2O. The van der Waals surface area contributed by atoms with Crippen molar-refractivity contribution < 1.29 is 4.79 Å². The summed E-state index contributed by atoms with van der Waals surface area (Å²) in [5.41, 5.74) is 2.05. The predicted octanol–water partition coefficient (Wildman–Crippen LogP) is 3.10. The highest BCUT2D eigenvalue weighted by Gasteiger charge is 2.24. The van der Waals surface area contributed by atoms with Crippen LogP contribution in [0.4, 0.5) is 0 Å². The third-order valence-electron chi connectivity index (χ3n) is 4.49. The van der Waals surface area contributed by atoms with Crippen molar-refractivity contribution in [3.05, 3.63) is 35.4 Å². The number of hydrogen-bond acceptors (Lipinski definition) is 2. The van der Waals surface area contributed by atoms with Crippen LogP contribution in [0.5, 0.6) is 0 Å². The first kappa shape index (κ1) is 16.0. The number of likely N-dealkylation sites (N-methyl/N-ethyl adjacent to an activating group) is 1. The van der Waals surface area contributed by atoms with Crippen molar-refractivity contribution in [1.82, 2.24) is 10.2 Å². The van der Waals surface area contributed by atoms with E-state index < -0.39 is 0 Å². The lowest BCUT2D eigenvalue weighted by Gasteiger charge is -2.32. The molecule has 0 bridgehead atoms. The minimum absolute atomic E-state index is 0.219. The highest BCUT2D eigenvalue weighted by atomic mass is 16.2. The number of rotatable bonds is 6. The second kappa shape index (κ2) is 8.18. The van der Waals surface area contributed by atoms with Gasteiger partial charge in [0.25, 0.3) is 5.91 Å². The molecule has 0 radical (unpaired) electrons. The van der Waals surface area contributed by atoms with Crippen molar-refractivity contribution in [2.45, 2.75) is 39.0 Å². The van der Waals surface area contributed by atoms with Gasteiger partial charge in [0.1, 0.15) is 0 Å². The van der Waals surface area contributed by atoms with Crippen LogP contribution in [0.1, 0.15) is 48.5 Å². The topological polar surface area (TPSA) is 32.3 Å². The Morgan fingerprint density at radius 1 is 1.29 bits per heavy atom. The summed E-state index contributed by atoms with van der Waals surface area (Å²) in [4.78, 5) is 14.8. The van der Waals surface area contributed by atoms with E-state index in [9.17, 15) is 4.79 Å². The van der Waals surface area contributed by atoms with Crippen molar-refractivity contribution in [3.63, 3.8) is 0 Å². The van der Waals surface area contributed by atoms with Crippen LogP contribution in [-0.2, 0) is 6.42 Å². The van der Waals surface area contributed by atoms with E-state index in [2.05, 4.69) is 18.3 Å². The molecule has 0 spiro atoms. The lowest BCUT2D eigenvalue weighted by molar-refractivity contribution is 0.0685. The van der Waals surface area contributed by atoms with E-state index in [0.29, 0.717) is 0 Å². The van der Waals surface area contributed by atoms with Gasteiger partial charge < -0.3 is 10.2 Å². The van der Waals surface area contributed by atoms with Crippen LogP contribution in [0, 0.1) is 5.92 Å². The molecule has 1 aliphatic rings. The Morgan fingerprint density at radius 3 is 2.67 bits per heavy atom. The number of nitrogens with zero attached hydrogens (tertiary/aromatic N) is 1. The maximum atomic E-state index is 12.8. The molecule has 1 fully saturated rings. The third kappa shape index (κ3) is 4.31. The molecule has 1 aliphatic heterocycles. The van der Waals surface area contributed by atoms with E-state index in [0.717, 1.165) is 55.9 Å². The molecular weight excluding hydrogens is 260 g/mol. The molecule has 2 rings (SSSR count). The van der Waals surface area contributed by atoms with E-state index in [1.54, 1.807) is 0 Å². The van der Waals surface area contributed by atoms with E-state index >= 15 is 0 Å². The molecule has 21 heavy (non-hydrogen) atoms. The Labute approximate surface area is 128 Å². The van der Waals surface area contributed by atoms with Gasteiger partial charge in [-0.05, 0) is 50.4 Å². The van der Waals surface area contributed by atoms with Crippen LogP contribution in [0.3, 0.4) is 0 Å². The van der Waals surface area contributed by atoms with Crippen LogP contribution in [0.15, 0.2) is 24.3 Å². The Balaban J connectivity index is 2.00. The molecule has 0 atom stereocenters. The van der Waals surface area contributed by atoms with Gasteiger partial charge in [-0.3, -0.25) is 4.79 Å². The number of hydrogen-bond donors (Lipinski definition) is 1. The minimum Gasteiger partial charge on any atom is -0.339 e. The van der Waals surface area contributed by atoms with Gasteiger partial charge in [0, 0.05) is 18.7 Å². The molecule has 3 nitrogen and oxygen atoms in total. The second-order valence-corrected chi connectivity index (χ2v) is 6.03. The summed E-state index contributed by atoms with van der Waals surface area (Å²) in [5.74, 6) is 1.04. The Hall–Kier alpha value is -1.35. The lowest BCUT2D eigenvalue weighted by atomic mass is 9.92. The molecule has 3 heteroatoms. The summed E-state index contributed by atoms with van der Waals surface area (Å²) in [5, 5.41) is 3.16. The first-order valence-electron chi connectivity index (χ1n) is 8.28. The zero-order valence-electron chi connectivity index (χ0n) is 13.4. The summed E-state index contributed by atoms with van der Waals surface area (Å²) in [6.45, 7) is 4.99. The van der Waals surface area contributed by atoms with E-state index in [4.69, 9.17) is 0 Å². The molecule has 0 aliphatic carbocycles. The number of likely N-dealkylation sites (tertiary alicyclic amines) is 1. The summed E-state index contributed by atoms with van der Waals surface area (Å²) < 4.78 is 0. The molecule has 0 aromatic heterocycles. The second-order valence-electron chi connectivity index (χ2n) is 6.03. The monoisotopic (exact) mass is 288 g/mol. The Kier molecular flexibility index (Phi) is 6.24. The van der Waals surface area contributed by atoms with Gasteiger partial charge >= 0.3 is 0 Å². The molecule has 1 heterocycles. The molecule has 1 aromatic carbocycles. The SMILES string of the molecule is CCCC1CCN(C(=O)c2ccccc2CCNC)CC1. The van der Waals surface area contributed by atoms with Gasteiger partial charge in [-0.2, -0.15) is 0 Å². The number of benzene rings is 1. The Bertz CT molecular complexity index is 450. The van der Waals surface area contributed by atoms with Crippen LogP contribution >= 0.6 is 0 Å². The van der Waals surface area contributed by atoms with Gasteiger partial charge in [-0.15, -0.1) is 0 Å². The molecule has 1 N–H and O–H groups in total. The standard InChI is InChI=1S/C18H28N2O/c1-3-6-15-10-13-20(14-11-15)18(21)17-8-5-4-7-16(17)9-12-19-2/h4-5,7-8,15,19H,3,6,9-14H2,1-2H3. The van der Waals surface area contributed by atoms with Crippen LogP contribution in [0.25, 0.3) is 0 Å². The molecule has 116 valence electrons. The number of nitrogens with one attached hydrogen (secondary N) is 1. The van der Waals surface area contributed by atoms with Crippen molar-refractivity contribution in [2.75, 3.05) is 26.7 Å². The maximum Gasteiger partial charge on any atom is 0.254 e. The first-order valence-corrected chi connectivity index (χ1v) is 8.28. The van der Waals surface area contributed by atoms with Gasteiger partial charge in [0.2, 0.25) is 0 Å². The molecule has 1 amide bonds. The zero-order valence-corrected chi connectivity index (χ0v) is 13.4. The average Bonchev–Trinajstić information content (AvgIpc) is 2.53. The number of amides is 1. The van der Waals surface area contributed by atoms with E-state index in [1.807, 2.05) is 30.1 Å². The normalized spacial score (nSPS) is 16.2. The summed E-state index contributed by atoms with van der Waals surface area (Å²) in [6, 6.07) is 8.05. The highest BCUT2D eigenvalue weighted by molar-refractivity contribution is 5.95. The highest BCUT2D eigenvalue weighted by Crippen LogP contribution is 2.23. The van der Waals surface area contributed by atoms with Crippen LogP contribution in [-0.4, -0.2) is 37.5 Å². The fraction of sp³-hybridized carbons (Fsp3) is 0.611. The summed E-state index contributed by atoms with van der Waals surface area (Å²) >= 11 is 0. The maximum absolute atomic E-state index is 12.8.